The summed E-state index contributed by atoms with van der Waals surface area (Å²) >= 11 is 0. The lowest BCUT2D eigenvalue weighted by atomic mass is 9.92. The smallest absolute Gasteiger partial charge is 0.191 e. The topological polar surface area (TPSA) is 36.4 Å². The molecule has 2 aliphatic rings. The van der Waals surface area contributed by atoms with Crippen LogP contribution in [0.25, 0.3) is 0 Å². The molecule has 0 bridgehead atoms. The van der Waals surface area contributed by atoms with Crippen molar-refractivity contribution in [1.29, 1.82) is 0 Å². The van der Waals surface area contributed by atoms with Gasteiger partial charge in [-0.3, -0.25) is 4.99 Å². The van der Waals surface area contributed by atoms with Gasteiger partial charge in [-0.2, -0.15) is 0 Å². The molecule has 0 saturated carbocycles. The highest BCUT2D eigenvalue weighted by molar-refractivity contribution is 5.82. The van der Waals surface area contributed by atoms with E-state index < -0.39 is 0 Å². The van der Waals surface area contributed by atoms with E-state index in [0.717, 1.165) is 25.5 Å². The summed E-state index contributed by atoms with van der Waals surface area (Å²) in [4.78, 5) is 4.52. The molecule has 0 saturated heterocycles. The lowest BCUT2D eigenvalue weighted by molar-refractivity contribution is 0.546. The second-order valence-electron chi connectivity index (χ2n) is 6.14. The van der Waals surface area contributed by atoms with E-state index in [2.05, 4.69) is 71.1 Å². The molecule has 0 radical (unpaired) electrons. The number of nitrogens with one attached hydrogen (secondary N) is 2. The van der Waals surface area contributed by atoms with E-state index in [4.69, 9.17) is 0 Å². The molecule has 4 rings (SSSR count). The van der Waals surface area contributed by atoms with Gasteiger partial charge in [-0.25, -0.2) is 0 Å². The predicted molar refractivity (Wildman–Crippen MR) is 90.2 cm³/mol. The number of hydrogen-bond donors (Lipinski definition) is 2. The first-order valence-electron chi connectivity index (χ1n) is 8.01. The number of aryl methyl sites for hydroxylation is 1. The minimum absolute atomic E-state index is 0.293. The number of aliphatic imine (C=N–C) groups is 1. The maximum atomic E-state index is 4.52. The summed E-state index contributed by atoms with van der Waals surface area (Å²) in [6.45, 7) is 4.02. The van der Waals surface area contributed by atoms with Gasteiger partial charge in [0.2, 0.25) is 0 Å². The number of guanidine groups is 1. The van der Waals surface area contributed by atoms with E-state index in [1.54, 1.807) is 0 Å². The van der Waals surface area contributed by atoms with Crippen LogP contribution < -0.4 is 10.6 Å². The van der Waals surface area contributed by atoms with Gasteiger partial charge in [0.05, 0.1) is 12.6 Å². The molecular formula is C19H21N3. The molecular weight excluding hydrogens is 270 g/mol. The highest BCUT2D eigenvalue weighted by Gasteiger charge is 2.35. The van der Waals surface area contributed by atoms with Gasteiger partial charge in [0.25, 0.3) is 0 Å². The largest absolute Gasteiger partial charge is 0.355 e. The Bertz CT molecular complexity index is 706. The zero-order valence-electron chi connectivity index (χ0n) is 12.8. The van der Waals surface area contributed by atoms with E-state index in [9.17, 15) is 0 Å². The number of rotatable bonds is 2. The van der Waals surface area contributed by atoms with Gasteiger partial charge in [0.1, 0.15) is 0 Å². The van der Waals surface area contributed by atoms with Crippen molar-refractivity contribution in [2.45, 2.75) is 25.3 Å². The van der Waals surface area contributed by atoms with Crippen molar-refractivity contribution in [3.63, 3.8) is 0 Å². The number of fused-ring (bicyclic) bond motifs is 1. The fourth-order valence-electron chi connectivity index (χ4n) is 3.68. The van der Waals surface area contributed by atoms with Crippen molar-refractivity contribution in [2.24, 2.45) is 4.99 Å². The number of nitrogens with zero attached hydrogens (tertiary/aromatic N) is 1. The van der Waals surface area contributed by atoms with Crippen molar-refractivity contribution >= 4 is 5.96 Å². The second-order valence-corrected chi connectivity index (χ2v) is 6.14. The van der Waals surface area contributed by atoms with Crippen molar-refractivity contribution in [3.8, 4) is 0 Å². The summed E-state index contributed by atoms with van der Waals surface area (Å²) in [6, 6.07) is 17.8. The molecule has 0 aromatic heterocycles. The Hall–Kier alpha value is -2.29. The summed E-state index contributed by atoms with van der Waals surface area (Å²) in [6.07, 6.45) is 1.09. The second kappa shape index (κ2) is 5.48. The van der Waals surface area contributed by atoms with E-state index in [1.165, 1.54) is 22.3 Å². The van der Waals surface area contributed by atoms with Gasteiger partial charge in [0.15, 0.2) is 5.96 Å². The highest BCUT2D eigenvalue weighted by atomic mass is 15.2. The third-order valence-electron chi connectivity index (χ3n) is 4.80. The van der Waals surface area contributed by atoms with Crippen molar-refractivity contribution in [1.82, 2.24) is 10.6 Å². The maximum absolute atomic E-state index is 4.52. The third-order valence-corrected chi connectivity index (χ3v) is 4.80. The zero-order chi connectivity index (χ0) is 14.9. The average molecular weight is 291 g/mol. The van der Waals surface area contributed by atoms with Gasteiger partial charge < -0.3 is 10.6 Å². The van der Waals surface area contributed by atoms with Crippen molar-refractivity contribution in [2.75, 3.05) is 13.1 Å². The molecule has 2 aromatic carbocycles. The van der Waals surface area contributed by atoms with Gasteiger partial charge in [-0.15, -0.1) is 0 Å². The van der Waals surface area contributed by atoms with Crippen LogP contribution in [0, 0.1) is 6.92 Å². The Balaban J connectivity index is 1.73. The van der Waals surface area contributed by atoms with Crippen LogP contribution in [0.5, 0.6) is 0 Å². The molecule has 3 heteroatoms. The molecule has 1 heterocycles. The quantitative estimate of drug-likeness (QED) is 0.892. The molecule has 2 aromatic rings. The zero-order valence-corrected chi connectivity index (χ0v) is 12.8. The summed E-state index contributed by atoms with van der Waals surface area (Å²) in [5.41, 5.74) is 5.70. The van der Waals surface area contributed by atoms with Crippen LogP contribution in [-0.2, 0) is 6.42 Å². The van der Waals surface area contributed by atoms with Crippen LogP contribution in [0.3, 0.4) is 0 Å². The summed E-state index contributed by atoms with van der Waals surface area (Å²) in [7, 11) is 0. The lowest BCUT2D eigenvalue weighted by Crippen LogP contribution is -2.37. The predicted octanol–water partition coefficient (Wildman–Crippen LogP) is 2.92. The minimum Gasteiger partial charge on any atom is -0.355 e. The highest BCUT2D eigenvalue weighted by Crippen LogP contribution is 2.43. The summed E-state index contributed by atoms with van der Waals surface area (Å²) in [5, 5.41) is 6.99. The van der Waals surface area contributed by atoms with Crippen LogP contribution in [0.4, 0.5) is 0 Å². The normalized spacial score (nSPS) is 22.9. The van der Waals surface area contributed by atoms with Crippen LogP contribution in [-0.4, -0.2) is 19.0 Å². The van der Waals surface area contributed by atoms with Gasteiger partial charge >= 0.3 is 0 Å². The molecule has 112 valence electrons. The van der Waals surface area contributed by atoms with E-state index in [0.29, 0.717) is 12.0 Å². The number of hydrogen-bond acceptors (Lipinski definition) is 3. The van der Waals surface area contributed by atoms with E-state index in [1.807, 2.05) is 0 Å². The Morgan fingerprint density at radius 2 is 1.95 bits per heavy atom. The Morgan fingerprint density at radius 1 is 1.09 bits per heavy atom. The lowest BCUT2D eigenvalue weighted by Gasteiger charge is -2.23. The summed E-state index contributed by atoms with van der Waals surface area (Å²) < 4.78 is 0. The first-order chi connectivity index (χ1) is 10.8. The monoisotopic (exact) mass is 291 g/mol. The Morgan fingerprint density at radius 3 is 2.73 bits per heavy atom. The van der Waals surface area contributed by atoms with Crippen molar-refractivity contribution in [3.05, 3.63) is 70.8 Å². The Labute approximate surface area is 131 Å². The van der Waals surface area contributed by atoms with E-state index in [-0.39, 0.29) is 0 Å². The average Bonchev–Trinajstić information content (AvgIpc) is 3.18. The third kappa shape index (κ3) is 2.27. The molecule has 1 aliphatic heterocycles. The molecule has 0 amide bonds. The molecule has 1 unspecified atom stereocenters. The molecule has 0 fully saturated rings. The standard InChI is InChI=1S/C19H21N3/c1-13-6-5-9-15-16(13)12-17(14-7-3-2-4-8-14)18(15)22-19-20-10-11-21-19/h2-9,17-18H,10-12H2,1H3,(H2,20,21,22)/t17-,18?/m0/s1. The first kappa shape index (κ1) is 13.4. The SMILES string of the molecule is Cc1cccc2c1C[C@@H](c1ccccc1)C2NC1=NCCN1. The van der Waals surface area contributed by atoms with Crippen LogP contribution >= 0.6 is 0 Å². The number of benzene rings is 2. The molecule has 22 heavy (non-hydrogen) atoms. The molecule has 0 spiro atoms. The molecule has 3 nitrogen and oxygen atoms in total. The Kier molecular flexibility index (Phi) is 3.34. The molecule has 1 aliphatic carbocycles. The molecule has 2 N–H and O–H groups in total. The van der Waals surface area contributed by atoms with E-state index >= 15 is 0 Å². The van der Waals surface area contributed by atoms with Gasteiger partial charge in [-0.1, -0.05) is 48.5 Å². The fraction of sp³-hybridized carbons (Fsp3) is 0.316. The summed E-state index contributed by atoms with van der Waals surface area (Å²) in [5.74, 6) is 1.41. The van der Waals surface area contributed by atoms with Gasteiger partial charge in [0, 0.05) is 12.5 Å². The van der Waals surface area contributed by atoms with Crippen LogP contribution in [0.15, 0.2) is 53.5 Å². The van der Waals surface area contributed by atoms with Crippen LogP contribution in [0.2, 0.25) is 0 Å². The van der Waals surface area contributed by atoms with Gasteiger partial charge in [-0.05, 0) is 35.6 Å². The minimum atomic E-state index is 0.293. The molecule has 2 atom stereocenters. The fourth-order valence-corrected chi connectivity index (χ4v) is 3.68. The van der Waals surface area contributed by atoms with Crippen molar-refractivity contribution < 1.29 is 0 Å². The maximum Gasteiger partial charge on any atom is 0.191 e. The first-order valence-corrected chi connectivity index (χ1v) is 8.01. The van der Waals surface area contributed by atoms with Crippen LogP contribution in [0.1, 0.15) is 34.2 Å².